The average molecular weight is 281 g/mol. The number of hydrogen-bond acceptors (Lipinski definition) is 2. The summed E-state index contributed by atoms with van der Waals surface area (Å²) in [5.41, 5.74) is 0.245. The van der Waals surface area contributed by atoms with Gasteiger partial charge in [-0.25, -0.2) is 8.78 Å². The van der Waals surface area contributed by atoms with E-state index in [1.807, 2.05) is 0 Å². The summed E-state index contributed by atoms with van der Waals surface area (Å²) in [5, 5.41) is 0. The number of carbonyl (C=O) groups excluding carboxylic acids is 1. The van der Waals surface area contributed by atoms with Crippen molar-refractivity contribution in [2.75, 3.05) is 19.6 Å². The van der Waals surface area contributed by atoms with Gasteiger partial charge in [-0.2, -0.15) is 0 Å². The molecule has 1 heterocycles. The van der Waals surface area contributed by atoms with Crippen LogP contribution in [0.25, 0.3) is 0 Å². The van der Waals surface area contributed by atoms with Crippen LogP contribution in [0.15, 0.2) is 18.2 Å². The van der Waals surface area contributed by atoms with Crippen LogP contribution in [0.3, 0.4) is 0 Å². The van der Waals surface area contributed by atoms with Crippen LogP contribution in [-0.2, 0) is 0 Å². The van der Waals surface area contributed by atoms with Crippen molar-refractivity contribution in [1.29, 1.82) is 0 Å². The molecule has 0 aliphatic carbocycles. The zero-order chi connectivity index (χ0) is 14.7. The van der Waals surface area contributed by atoms with Crippen LogP contribution in [0.1, 0.15) is 37.0 Å². The van der Waals surface area contributed by atoms with E-state index in [2.05, 4.69) is 18.7 Å². The SMILES string of the molecule is CC(C)C1CCN(CC(=O)c2ccc(F)c(F)c2)CC1. The molecule has 0 unspecified atom stereocenters. The third-order valence-electron chi connectivity index (χ3n) is 4.18. The number of carbonyl (C=O) groups is 1. The first-order chi connectivity index (χ1) is 9.47. The number of rotatable bonds is 4. The maximum Gasteiger partial charge on any atom is 0.176 e. The number of benzene rings is 1. The summed E-state index contributed by atoms with van der Waals surface area (Å²) in [6.45, 7) is 6.55. The summed E-state index contributed by atoms with van der Waals surface area (Å²) in [7, 11) is 0. The second kappa shape index (κ2) is 6.44. The maximum atomic E-state index is 13.1. The Balaban J connectivity index is 1.91. The summed E-state index contributed by atoms with van der Waals surface area (Å²) in [4.78, 5) is 14.2. The van der Waals surface area contributed by atoms with Gasteiger partial charge in [0.15, 0.2) is 17.4 Å². The van der Waals surface area contributed by atoms with Gasteiger partial charge in [-0.05, 0) is 56.0 Å². The molecule has 1 fully saturated rings. The van der Waals surface area contributed by atoms with Crippen LogP contribution in [0.4, 0.5) is 8.78 Å². The van der Waals surface area contributed by atoms with Gasteiger partial charge in [0.2, 0.25) is 0 Å². The van der Waals surface area contributed by atoms with Gasteiger partial charge in [0.1, 0.15) is 0 Å². The Morgan fingerprint density at radius 3 is 2.45 bits per heavy atom. The van der Waals surface area contributed by atoms with Gasteiger partial charge < -0.3 is 0 Å². The van der Waals surface area contributed by atoms with E-state index in [-0.39, 0.29) is 17.9 Å². The quantitative estimate of drug-likeness (QED) is 0.787. The zero-order valence-electron chi connectivity index (χ0n) is 12.0. The fourth-order valence-electron chi connectivity index (χ4n) is 2.74. The lowest BCUT2D eigenvalue weighted by atomic mass is 9.86. The highest BCUT2D eigenvalue weighted by atomic mass is 19.2. The Morgan fingerprint density at radius 1 is 1.25 bits per heavy atom. The third kappa shape index (κ3) is 3.63. The first-order valence-electron chi connectivity index (χ1n) is 7.18. The van der Waals surface area contributed by atoms with Gasteiger partial charge in [0.25, 0.3) is 0 Å². The highest BCUT2D eigenvalue weighted by molar-refractivity contribution is 5.97. The molecule has 0 aromatic heterocycles. The molecule has 0 bridgehead atoms. The maximum absolute atomic E-state index is 13.1. The minimum atomic E-state index is -0.964. The Morgan fingerprint density at radius 2 is 1.90 bits per heavy atom. The van der Waals surface area contributed by atoms with Crippen molar-refractivity contribution in [2.24, 2.45) is 11.8 Å². The third-order valence-corrected chi connectivity index (χ3v) is 4.18. The second-order valence-corrected chi connectivity index (χ2v) is 5.91. The van der Waals surface area contributed by atoms with Crippen molar-refractivity contribution in [3.05, 3.63) is 35.4 Å². The summed E-state index contributed by atoms with van der Waals surface area (Å²) in [6.07, 6.45) is 2.20. The minimum Gasteiger partial charge on any atom is -0.296 e. The monoisotopic (exact) mass is 281 g/mol. The average Bonchev–Trinajstić information content (AvgIpc) is 2.42. The van der Waals surface area contributed by atoms with Crippen molar-refractivity contribution < 1.29 is 13.6 Å². The molecule has 2 nitrogen and oxygen atoms in total. The summed E-state index contributed by atoms with van der Waals surface area (Å²) in [5.74, 6) is -0.621. The Bertz CT molecular complexity index is 479. The summed E-state index contributed by atoms with van der Waals surface area (Å²) < 4.78 is 26.0. The smallest absolute Gasteiger partial charge is 0.176 e. The second-order valence-electron chi connectivity index (χ2n) is 5.91. The largest absolute Gasteiger partial charge is 0.296 e. The Kier molecular flexibility index (Phi) is 4.86. The van der Waals surface area contributed by atoms with Gasteiger partial charge in [0.05, 0.1) is 6.54 Å². The van der Waals surface area contributed by atoms with E-state index in [9.17, 15) is 13.6 Å². The van der Waals surface area contributed by atoms with Crippen LogP contribution >= 0.6 is 0 Å². The van der Waals surface area contributed by atoms with Crippen molar-refractivity contribution in [3.63, 3.8) is 0 Å². The molecule has 0 atom stereocenters. The first kappa shape index (κ1) is 15.1. The predicted octanol–water partition coefficient (Wildman–Crippen LogP) is 3.52. The molecule has 20 heavy (non-hydrogen) atoms. The molecular weight excluding hydrogens is 260 g/mol. The van der Waals surface area contributed by atoms with Crippen LogP contribution in [0.2, 0.25) is 0 Å². The van der Waals surface area contributed by atoms with E-state index < -0.39 is 11.6 Å². The normalized spacial score (nSPS) is 17.6. The molecule has 4 heteroatoms. The highest BCUT2D eigenvalue weighted by Gasteiger charge is 2.23. The van der Waals surface area contributed by atoms with Crippen molar-refractivity contribution in [3.8, 4) is 0 Å². The number of hydrogen-bond donors (Lipinski definition) is 0. The minimum absolute atomic E-state index is 0.146. The van der Waals surface area contributed by atoms with Crippen molar-refractivity contribution >= 4 is 5.78 Å². The number of piperidine rings is 1. The van der Waals surface area contributed by atoms with Crippen LogP contribution in [-0.4, -0.2) is 30.3 Å². The molecule has 1 aliphatic heterocycles. The van der Waals surface area contributed by atoms with Gasteiger partial charge in [-0.1, -0.05) is 13.8 Å². The molecule has 110 valence electrons. The molecule has 0 spiro atoms. The van der Waals surface area contributed by atoms with E-state index in [0.29, 0.717) is 5.92 Å². The van der Waals surface area contributed by atoms with E-state index in [1.165, 1.54) is 6.07 Å². The fourth-order valence-corrected chi connectivity index (χ4v) is 2.74. The van der Waals surface area contributed by atoms with Gasteiger partial charge in [-0.15, -0.1) is 0 Å². The molecular formula is C16H21F2NO. The molecule has 1 aromatic carbocycles. The molecule has 1 aliphatic rings. The lowest BCUT2D eigenvalue weighted by Gasteiger charge is -2.33. The highest BCUT2D eigenvalue weighted by Crippen LogP contribution is 2.24. The lowest BCUT2D eigenvalue weighted by molar-refractivity contribution is 0.0879. The van der Waals surface area contributed by atoms with Gasteiger partial charge in [-0.3, -0.25) is 9.69 Å². The Hall–Kier alpha value is -1.29. The van der Waals surface area contributed by atoms with Crippen LogP contribution < -0.4 is 0 Å². The number of likely N-dealkylation sites (tertiary alicyclic amines) is 1. The van der Waals surface area contributed by atoms with E-state index in [4.69, 9.17) is 0 Å². The Labute approximate surface area is 118 Å². The van der Waals surface area contributed by atoms with Crippen LogP contribution in [0.5, 0.6) is 0 Å². The molecule has 1 saturated heterocycles. The fraction of sp³-hybridized carbons (Fsp3) is 0.562. The number of nitrogens with zero attached hydrogens (tertiary/aromatic N) is 1. The summed E-state index contributed by atoms with van der Waals surface area (Å²) in [6, 6.07) is 3.34. The van der Waals surface area contributed by atoms with E-state index in [0.717, 1.165) is 44.0 Å². The summed E-state index contributed by atoms with van der Waals surface area (Å²) >= 11 is 0. The number of halogens is 2. The van der Waals surface area contributed by atoms with Crippen LogP contribution in [0, 0.1) is 23.5 Å². The standard InChI is InChI=1S/C16H21F2NO/c1-11(2)12-5-7-19(8-6-12)10-16(20)13-3-4-14(17)15(18)9-13/h3-4,9,11-12H,5-8,10H2,1-2H3. The van der Waals surface area contributed by atoms with E-state index in [1.54, 1.807) is 0 Å². The van der Waals surface area contributed by atoms with Crippen molar-refractivity contribution in [1.82, 2.24) is 4.90 Å². The van der Waals surface area contributed by atoms with Gasteiger partial charge >= 0.3 is 0 Å². The molecule has 0 N–H and O–H groups in total. The molecule has 1 aromatic rings. The first-order valence-corrected chi connectivity index (χ1v) is 7.18. The molecule has 2 rings (SSSR count). The van der Waals surface area contributed by atoms with Crippen molar-refractivity contribution in [2.45, 2.75) is 26.7 Å². The molecule has 0 radical (unpaired) electrons. The predicted molar refractivity (Wildman–Crippen MR) is 74.7 cm³/mol. The zero-order valence-corrected chi connectivity index (χ0v) is 12.0. The van der Waals surface area contributed by atoms with E-state index >= 15 is 0 Å². The topological polar surface area (TPSA) is 20.3 Å². The molecule has 0 amide bonds. The number of Topliss-reactive ketones (excluding diaryl/α,β-unsaturated/α-hetero) is 1. The lowest BCUT2D eigenvalue weighted by Crippen LogP contribution is -2.38. The van der Waals surface area contributed by atoms with Gasteiger partial charge in [0, 0.05) is 5.56 Å². The number of ketones is 1. The molecule has 0 saturated carbocycles.